The van der Waals surface area contributed by atoms with Crippen molar-refractivity contribution < 1.29 is 29.2 Å². The third kappa shape index (κ3) is 5.90. The summed E-state index contributed by atoms with van der Waals surface area (Å²) >= 11 is 6.76. The van der Waals surface area contributed by atoms with Crippen LogP contribution in [0.25, 0.3) is 0 Å². The first-order valence-corrected chi connectivity index (χ1v) is 13.2. The summed E-state index contributed by atoms with van der Waals surface area (Å²) in [5, 5.41) is 23.3. The monoisotopic (exact) mass is 531 g/mol. The molecule has 0 bridgehead atoms. The van der Waals surface area contributed by atoms with Gasteiger partial charge in [0.15, 0.2) is 0 Å². The number of benzene rings is 2. The van der Waals surface area contributed by atoms with Gasteiger partial charge in [0.05, 0.1) is 24.4 Å². The first-order chi connectivity index (χ1) is 17.8. The molecular weight excluding hydrogens is 498 g/mol. The predicted molar refractivity (Wildman–Crippen MR) is 140 cm³/mol. The summed E-state index contributed by atoms with van der Waals surface area (Å²) in [7, 11) is 1.55. The first-order valence-electron chi connectivity index (χ1n) is 12.7. The molecule has 2 aromatic rings. The Kier molecular flexibility index (Phi) is 7.67. The Morgan fingerprint density at radius 3 is 2.86 bits per heavy atom. The number of carbonyl (C=O) groups is 1. The summed E-state index contributed by atoms with van der Waals surface area (Å²) in [4.78, 5) is 16.2. The maximum atomic E-state index is 12.6. The molecule has 3 aliphatic heterocycles. The summed E-state index contributed by atoms with van der Waals surface area (Å²) in [6, 6.07) is 12.9. The number of halogens is 1. The number of β-amino-alcohol motifs (C(OH)–C–C–N with tert-alkyl or cyclic N) is 2. The number of alkyl halides is 1. The second-order valence-corrected chi connectivity index (χ2v) is 10.6. The van der Waals surface area contributed by atoms with E-state index in [2.05, 4.69) is 16.3 Å². The van der Waals surface area contributed by atoms with Crippen molar-refractivity contribution in [3.8, 4) is 17.2 Å². The van der Waals surface area contributed by atoms with Crippen molar-refractivity contribution in [2.24, 2.45) is 0 Å². The number of hydrogen-bond donors (Lipinski definition) is 3. The smallest absolute Gasteiger partial charge is 0.322 e. The van der Waals surface area contributed by atoms with E-state index in [0.29, 0.717) is 56.2 Å². The lowest BCUT2D eigenvalue weighted by molar-refractivity contribution is -0.0123. The van der Waals surface area contributed by atoms with Crippen molar-refractivity contribution in [3.05, 3.63) is 48.0 Å². The summed E-state index contributed by atoms with van der Waals surface area (Å²) < 4.78 is 17.5. The minimum atomic E-state index is -0.791. The first kappa shape index (κ1) is 25.9. The predicted octanol–water partition coefficient (Wildman–Crippen LogP) is 3.07. The fraction of sp³-hybridized carbons (Fsp3) is 0.519. The van der Waals surface area contributed by atoms with Crippen LogP contribution in [0.15, 0.2) is 42.5 Å². The third-order valence-corrected chi connectivity index (χ3v) is 7.79. The molecule has 3 N–H and O–H groups in total. The number of carbonyl (C=O) groups excluding carboxylic acids is 1. The maximum Gasteiger partial charge on any atom is 0.322 e. The average Bonchev–Trinajstić information content (AvgIpc) is 3.48. The molecule has 2 saturated heterocycles. The number of amides is 2. The topological polar surface area (TPSA) is 104 Å². The van der Waals surface area contributed by atoms with Gasteiger partial charge in [-0.15, -0.1) is 11.6 Å². The van der Waals surface area contributed by atoms with Crippen molar-refractivity contribution in [1.82, 2.24) is 9.80 Å². The van der Waals surface area contributed by atoms with Gasteiger partial charge in [0.1, 0.15) is 35.6 Å². The van der Waals surface area contributed by atoms with Gasteiger partial charge in [-0.25, -0.2) is 4.79 Å². The lowest BCUT2D eigenvalue weighted by Gasteiger charge is -2.42. The van der Waals surface area contributed by atoms with Crippen molar-refractivity contribution in [3.63, 3.8) is 0 Å². The van der Waals surface area contributed by atoms with Crippen LogP contribution in [0.3, 0.4) is 0 Å². The SMILES string of the molecule is COc1ccc(NC(=O)N2CC[C@H](O)C2)c(OC[C@@H](O)CN2CC[C@@]3(Cc4ccccc4O3)CC2Cl)c1. The molecule has 0 radical (unpaired) electrons. The Bertz CT molecular complexity index is 1090. The van der Waals surface area contributed by atoms with E-state index < -0.39 is 12.2 Å². The van der Waals surface area contributed by atoms with Gasteiger partial charge in [0.2, 0.25) is 0 Å². The molecule has 3 aliphatic rings. The van der Waals surface area contributed by atoms with Crippen molar-refractivity contribution in [2.75, 3.05) is 45.2 Å². The summed E-state index contributed by atoms with van der Waals surface area (Å²) in [6.45, 7) is 1.87. The zero-order chi connectivity index (χ0) is 26.0. The molecular formula is C27H34ClN3O6. The van der Waals surface area contributed by atoms with E-state index in [-0.39, 0.29) is 23.7 Å². The number of aliphatic hydroxyl groups is 2. The quantitative estimate of drug-likeness (QED) is 0.372. The number of piperidine rings is 1. The van der Waals surface area contributed by atoms with Crippen LogP contribution in [0, 0.1) is 0 Å². The van der Waals surface area contributed by atoms with Gasteiger partial charge in [0.25, 0.3) is 0 Å². The Labute approximate surface area is 221 Å². The van der Waals surface area contributed by atoms with E-state index in [4.69, 9.17) is 25.8 Å². The summed E-state index contributed by atoms with van der Waals surface area (Å²) in [5.41, 5.74) is 1.13. The van der Waals surface area contributed by atoms with Crippen LogP contribution in [-0.2, 0) is 6.42 Å². The van der Waals surface area contributed by atoms with Gasteiger partial charge in [-0.2, -0.15) is 0 Å². The number of methoxy groups -OCH3 is 1. The highest BCUT2D eigenvalue weighted by atomic mass is 35.5. The number of para-hydroxylation sites is 1. The molecule has 37 heavy (non-hydrogen) atoms. The van der Waals surface area contributed by atoms with E-state index in [9.17, 15) is 15.0 Å². The number of urea groups is 1. The van der Waals surface area contributed by atoms with E-state index in [0.717, 1.165) is 18.6 Å². The fourth-order valence-corrected chi connectivity index (χ4v) is 5.79. The van der Waals surface area contributed by atoms with Crippen molar-refractivity contribution >= 4 is 23.3 Å². The molecule has 1 unspecified atom stereocenters. The molecule has 0 aromatic heterocycles. The molecule has 4 atom stereocenters. The highest BCUT2D eigenvalue weighted by Gasteiger charge is 2.45. The Morgan fingerprint density at radius 2 is 2.14 bits per heavy atom. The van der Waals surface area contributed by atoms with Crippen LogP contribution < -0.4 is 19.5 Å². The number of likely N-dealkylation sites (tertiary alicyclic amines) is 2. The second-order valence-electron chi connectivity index (χ2n) is 10.1. The minimum absolute atomic E-state index is 0.0195. The fourth-order valence-electron chi connectivity index (χ4n) is 5.33. The molecule has 2 fully saturated rings. The maximum absolute atomic E-state index is 12.6. The highest BCUT2D eigenvalue weighted by molar-refractivity contribution is 6.20. The lowest BCUT2D eigenvalue weighted by atomic mass is 9.87. The van der Waals surface area contributed by atoms with Crippen LogP contribution in [0.5, 0.6) is 17.2 Å². The van der Waals surface area contributed by atoms with Crippen molar-refractivity contribution in [2.45, 2.75) is 49.0 Å². The minimum Gasteiger partial charge on any atom is -0.497 e. The van der Waals surface area contributed by atoms with Gasteiger partial charge < -0.3 is 34.6 Å². The number of nitrogens with one attached hydrogen (secondary N) is 1. The van der Waals surface area contributed by atoms with Gasteiger partial charge in [-0.3, -0.25) is 4.90 Å². The Hall–Kier alpha value is -2.72. The van der Waals surface area contributed by atoms with Gasteiger partial charge in [0, 0.05) is 51.5 Å². The molecule has 2 aromatic carbocycles. The largest absolute Gasteiger partial charge is 0.497 e. The molecule has 1 spiro atoms. The standard InChI is InChI=1S/C27H34ClN3O6/c1-35-21-6-7-22(29-26(34)31-10-8-19(32)15-31)24(12-21)36-17-20(33)16-30-11-9-27(14-25(30)28)13-18-4-2-3-5-23(18)37-27/h2-7,12,19-20,25,32-33H,8-11,13-17H2,1H3,(H,29,34)/t19-,20-,25?,27+/m0/s1. The normalized spacial score (nSPS) is 26.0. The number of fused-ring (bicyclic) bond motifs is 1. The number of nitrogens with zero attached hydrogens (tertiary/aromatic N) is 2. The Morgan fingerprint density at radius 1 is 1.30 bits per heavy atom. The third-order valence-electron chi connectivity index (χ3n) is 7.36. The van der Waals surface area contributed by atoms with E-state index >= 15 is 0 Å². The zero-order valence-corrected chi connectivity index (χ0v) is 21.7. The molecule has 3 heterocycles. The summed E-state index contributed by atoms with van der Waals surface area (Å²) in [5.74, 6) is 1.90. The number of anilines is 1. The average molecular weight is 532 g/mol. The number of aliphatic hydroxyl groups excluding tert-OH is 2. The van der Waals surface area contributed by atoms with Crippen LogP contribution in [0.4, 0.5) is 10.5 Å². The zero-order valence-electron chi connectivity index (χ0n) is 20.9. The molecule has 200 valence electrons. The van der Waals surface area contributed by atoms with Crippen LogP contribution in [-0.4, -0.2) is 89.2 Å². The van der Waals surface area contributed by atoms with Crippen LogP contribution >= 0.6 is 11.6 Å². The molecule has 2 amide bonds. The molecule has 10 heteroatoms. The molecule has 9 nitrogen and oxygen atoms in total. The van der Waals surface area contributed by atoms with Gasteiger partial charge in [-0.1, -0.05) is 18.2 Å². The van der Waals surface area contributed by atoms with Crippen molar-refractivity contribution in [1.29, 1.82) is 0 Å². The van der Waals surface area contributed by atoms with E-state index in [1.54, 1.807) is 30.2 Å². The number of ether oxygens (including phenoxy) is 3. The summed E-state index contributed by atoms with van der Waals surface area (Å²) in [6.07, 6.45) is 1.62. The van der Waals surface area contributed by atoms with E-state index in [1.807, 2.05) is 18.2 Å². The molecule has 0 saturated carbocycles. The molecule has 5 rings (SSSR count). The van der Waals surface area contributed by atoms with Gasteiger partial charge >= 0.3 is 6.03 Å². The number of hydrogen-bond acceptors (Lipinski definition) is 7. The van der Waals surface area contributed by atoms with Crippen LogP contribution in [0.2, 0.25) is 0 Å². The highest BCUT2D eigenvalue weighted by Crippen LogP contribution is 2.43. The number of rotatable bonds is 7. The second kappa shape index (κ2) is 10.9. The van der Waals surface area contributed by atoms with Gasteiger partial charge in [-0.05, 0) is 30.2 Å². The Balaban J connectivity index is 1.15. The lowest BCUT2D eigenvalue weighted by Crippen LogP contribution is -2.52. The van der Waals surface area contributed by atoms with Crippen LogP contribution in [0.1, 0.15) is 24.8 Å². The van der Waals surface area contributed by atoms with E-state index in [1.165, 1.54) is 5.56 Å². The molecule has 0 aliphatic carbocycles.